The number of fused-ring (bicyclic) bond motifs is 1. The SMILES string of the molecule is CCCc1ncc2c(n1)CCN(Cc1cn[nH]c1-c1ccc(C)cc1)C2. The molecule has 5 heteroatoms. The van der Waals surface area contributed by atoms with E-state index in [2.05, 4.69) is 58.2 Å². The van der Waals surface area contributed by atoms with E-state index in [0.29, 0.717) is 0 Å². The zero-order chi connectivity index (χ0) is 17.9. The molecular weight excluding hydrogens is 322 g/mol. The van der Waals surface area contributed by atoms with Gasteiger partial charge < -0.3 is 0 Å². The lowest BCUT2D eigenvalue weighted by Gasteiger charge is -2.28. The van der Waals surface area contributed by atoms with Crippen LogP contribution in [0.25, 0.3) is 11.3 Å². The lowest BCUT2D eigenvalue weighted by molar-refractivity contribution is 0.243. The molecule has 0 saturated heterocycles. The molecule has 134 valence electrons. The van der Waals surface area contributed by atoms with Gasteiger partial charge in [-0.2, -0.15) is 5.10 Å². The third kappa shape index (κ3) is 3.53. The first-order chi connectivity index (χ1) is 12.7. The topological polar surface area (TPSA) is 57.7 Å². The van der Waals surface area contributed by atoms with Gasteiger partial charge in [0.1, 0.15) is 5.82 Å². The van der Waals surface area contributed by atoms with Gasteiger partial charge in [-0.1, -0.05) is 36.8 Å². The maximum absolute atomic E-state index is 4.75. The van der Waals surface area contributed by atoms with Gasteiger partial charge in [-0.15, -0.1) is 0 Å². The predicted octanol–water partition coefficient (Wildman–Crippen LogP) is 3.69. The van der Waals surface area contributed by atoms with Gasteiger partial charge in [-0.3, -0.25) is 10.00 Å². The highest BCUT2D eigenvalue weighted by atomic mass is 15.2. The molecule has 4 rings (SSSR count). The van der Waals surface area contributed by atoms with Crippen LogP contribution in [0.1, 0.15) is 41.6 Å². The number of benzene rings is 1. The molecule has 5 nitrogen and oxygen atoms in total. The summed E-state index contributed by atoms with van der Waals surface area (Å²) >= 11 is 0. The van der Waals surface area contributed by atoms with Crippen molar-refractivity contribution >= 4 is 0 Å². The normalized spacial score (nSPS) is 14.4. The largest absolute Gasteiger partial charge is 0.294 e. The van der Waals surface area contributed by atoms with Crippen LogP contribution >= 0.6 is 0 Å². The van der Waals surface area contributed by atoms with Gasteiger partial charge in [0, 0.05) is 55.5 Å². The second-order valence-electron chi connectivity index (χ2n) is 7.11. The summed E-state index contributed by atoms with van der Waals surface area (Å²) in [5, 5.41) is 7.46. The molecule has 0 fully saturated rings. The third-order valence-corrected chi connectivity index (χ3v) is 4.99. The first-order valence-corrected chi connectivity index (χ1v) is 9.38. The maximum atomic E-state index is 4.75. The van der Waals surface area contributed by atoms with E-state index in [4.69, 9.17) is 4.98 Å². The van der Waals surface area contributed by atoms with Crippen LogP contribution in [0.3, 0.4) is 0 Å². The van der Waals surface area contributed by atoms with Gasteiger partial charge in [0.05, 0.1) is 11.9 Å². The number of nitrogens with zero attached hydrogens (tertiary/aromatic N) is 4. The van der Waals surface area contributed by atoms with Crippen molar-refractivity contribution in [1.29, 1.82) is 0 Å². The monoisotopic (exact) mass is 347 g/mol. The fourth-order valence-electron chi connectivity index (χ4n) is 3.54. The molecule has 3 aromatic rings. The minimum absolute atomic E-state index is 0.885. The first kappa shape index (κ1) is 16.9. The Balaban J connectivity index is 1.49. The summed E-state index contributed by atoms with van der Waals surface area (Å²) in [6.45, 7) is 7.09. The molecule has 0 bridgehead atoms. The Bertz CT molecular complexity index is 882. The smallest absolute Gasteiger partial charge is 0.128 e. The Morgan fingerprint density at radius 1 is 1.15 bits per heavy atom. The van der Waals surface area contributed by atoms with Crippen molar-refractivity contribution in [2.24, 2.45) is 0 Å². The number of H-pyrrole nitrogens is 1. The van der Waals surface area contributed by atoms with E-state index in [9.17, 15) is 0 Å². The lowest BCUT2D eigenvalue weighted by atomic mass is 10.0. The minimum atomic E-state index is 0.885. The van der Waals surface area contributed by atoms with Crippen LogP contribution < -0.4 is 0 Å². The first-order valence-electron chi connectivity index (χ1n) is 9.38. The summed E-state index contributed by atoms with van der Waals surface area (Å²) in [5.74, 6) is 0.983. The Hall–Kier alpha value is -2.53. The fraction of sp³-hybridized carbons (Fsp3) is 0.381. The van der Waals surface area contributed by atoms with E-state index >= 15 is 0 Å². The van der Waals surface area contributed by atoms with Crippen LogP contribution in [0.4, 0.5) is 0 Å². The van der Waals surface area contributed by atoms with Crippen LogP contribution in [-0.2, 0) is 25.9 Å². The van der Waals surface area contributed by atoms with E-state index in [0.717, 1.165) is 50.4 Å². The van der Waals surface area contributed by atoms with Gasteiger partial charge in [0.15, 0.2) is 0 Å². The molecule has 0 spiro atoms. The zero-order valence-corrected chi connectivity index (χ0v) is 15.5. The lowest BCUT2D eigenvalue weighted by Crippen LogP contribution is -2.31. The highest BCUT2D eigenvalue weighted by Gasteiger charge is 2.20. The molecule has 0 amide bonds. The van der Waals surface area contributed by atoms with E-state index in [1.165, 1.54) is 27.9 Å². The number of aryl methyl sites for hydroxylation is 2. The van der Waals surface area contributed by atoms with Crippen molar-refractivity contribution in [2.75, 3.05) is 6.54 Å². The molecular formula is C21H25N5. The molecule has 1 aliphatic heterocycles. The molecule has 3 heterocycles. The summed E-state index contributed by atoms with van der Waals surface area (Å²) in [6.07, 6.45) is 7.02. The fourth-order valence-corrected chi connectivity index (χ4v) is 3.54. The van der Waals surface area contributed by atoms with Gasteiger partial charge >= 0.3 is 0 Å². The van der Waals surface area contributed by atoms with Gasteiger partial charge in [-0.05, 0) is 18.9 Å². The summed E-state index contributed by atoms with van der Waals surface area (Å²) < 4.78 is 0. The maximum Gasteiger partial charge on any atom is 0.128 e. The van der Waals surface area contributed by atoms with Crippen LogP contribution in [-0.4, -0.2) is 31.6 Å². The minimum Gasteiger partial charge on any atom is -0.294 e. The van der Waals surface area contributed by atoms with Crippen LogP contribution in [0.2, 0.25) is 0 Å². The Kier molecular flexibility index (Phi) is 4.80. The summed E-state index contributed by atoms with van der Waals surface area (Å²) in [6, 6.07) is 8.59. The average molecular weight is 347 g/mol. The molecule has 0 saturated carbocycles. The number of aromatic amines is 1. The number of hydrogen-bond acceptors (Lipinski definition) is 4. The Morgan fingerprint density at radius 2 is 2.00 bits per heavy atom. The Morgan fingerprint density at radius 3 is 2.81 bits per heavy atom. The van der Waals surface area contributed by atoms with Crippen LogP contribution in [0.15, 0.2) is 36.7 Å². The second kappa shape index (κ2) is 7.38. The number of rotatable bonds is 5. The van der Waals surface area contributed by atoms with E-state index in [1.54, 1.807) is 0 Å². The second-order valence-corrected chi connectivity index (χ2v) is 7.11. The van der Waals surface area contributed by atoms with Gasteiger partial charge in [0.25, 0.3) is 0 Å². The third-order valence-electron chi connectivity index (χ3n) is 4.99. The van der Waals surface area contributed by atoms with E-state index < -0.39 is 0 Å². The summed E-state index contributed by atoms with van der Waals surface area (Å²) in [5.41, 5.74) is 7.30. The molecule has 1 aromatic carbocycles. The van der Waals surface area contributed by atoms with Gasteiger partial charge in [0.2, 0.25) is 0 Å². The average Bonchev–Trinajstić information content (AvgIpc) is 3.11. The summed E-state index contributed by atoms with van der Waals surface area (Å²) in [4.78, 5) is 11.7. The van der Waals surface area contributed by atoms with Crippen LogP contribution in [0, 0.1) is 6.92 Å². The molecule has 0 unspecified atom stereocenters. The quantitative estimate of drug-likeness (QED) is 0.765. The molecule has 1 N–H and O–H groups in total. The van der Waals surface area contributed by atoms with Crippen molar-refractivity contribution < 1.29 is 0 Å². The standard InChI is InChI=1S/C21H25N5/c1-3-4-20-22-11-17-13-26(10-9-19(17)24-20)14-18-12-23-25-21(18)16-7-5-15(2)6-8-16/h5-8,11-12H,3-4,9-10,13-14H2,1-2H3,(H,23,25). The van der Waals surface area contributed by atoms with Crippen LogP contribution in [0.5, 0.6) is 0 Å². The van der Waals surface area contributed by atoms with Crippen molar-refractivity contribution in [1.82, 2.24) is 25.1 Å². The molecule has 26 heavy (non-hydrogen) atoms. The van der Waals surface area contributed by atoms with Crippen molar-refractivity contribution in [2.45, 2.75) is 46.2 Å². The van der Waals surface area contributed by atoms with Gasteiger partial charge in [-0.25, -0.2) is 9.97 Å². The molecule has 0 aliphatic carbocycles. The predicted molar refractivity (Wildman–Crippen MR) is 103 cm³/mol. The number of hydrogen-bond donors (Lipinski definition) is 1. The summed E-state index contributed by atoms with van der Waals surface area (Å²) in [7, 11) is 0. The molecule has 1 aliphatic rings. The Labute approximate surface area is 154 Å². The van der Waals surface area contributed by atoms with Crippen molar-refractivity contribution in [3.63, 3.8) is 0 Å². The van der Waals surface area contributed by atoms with Crippen molar-refractivity contribution in [3.05, 3.63) is 64.9 Å². The zero-order valence-electron chi connectivity index (χ0n) is 15.5. The molecule has 0 atom stereocenters. The molecule has 0 radical (unpaired) electrons. The highest BCUT2D eigenvalue weighted by Crippen LogP contribution is 2.25. The number of nitrogens with one attached hydrogen (secondary N) is 1. The molecule has 2 aromatic heterocycles. The van der Waals surface area contributed by atoms with E-state index in [1.807, 2.05) is 12.4 Å². The highest BCUT2D eigenvalue weighted by molar-refractivity contribution is 5.62. The van der Waals surface area contributed by atoms with Crippen molar-refractivity contribution in [3.8, 4) is 11.3 Å². The number of aromatic nitrogens is 4. The van der Waals surface area contributed by atoms with E-state index in [-0.39, 0.29) is 0 Å².